The van der Waals surface area contributed by atoms with Crippen molar-refractivity contribution in [1.29, 1.82) is 0 Å². The van der Waals surface area contributed by atoms with E-state index in [1.165, 1.54) is 12.1 Å². The van der Waals surface area contributed by atoms with Crippen molar-refractivity contribution in [3.05, 3.63) is 23.0 Å². The van der Waals surface area contributed by atoms with Crippen LogP contribution < -0.4 is 0 Å². The monoisotopic (exact) mass is 369 g/mol. The lowest BCUT2D eigenvalue weighted by atomic mass is 9.97. The van der Waals surface area contributed by atoms with Gasteiger partial charge in [-0.2, -0.15) is 13.2 Å². The van der Waals surface area contributed by atoms with Crippen molar-refractivity contribution in [1.82, 2.24) is 4.98 Å². The Hall–Kier alpha value is -1.28. The van der Waals surface area contributed by atoms with Crippen LogP contribution in [0.4, 0.5) is 13.2 Å². The van der Waals surface area contributed by atoms with Crippen molar-refractivity contribution in [3.8, 4) is 0 Å². The maximum absolute atomic E-state index is 12.9. The van der Waals surface area contributed by atoms with Crippen molar-refractivity contribution < 1.29 is 26.0 Å². The number of rotatable bonds is 2. The predicted molar refractivity (Wildman–Crippen MR) is 80.4 cm³/mol. The molecule has 1 atom stereocenters. The van der Waals surface area contributed by atoms with Crippen LogP contribution >= 0.6 is 11.6 Å². The first-order valence-corrected chi connectivity index (χ1v) is 8.59. The van der Waals surface area contributed by atoms with E-state index in [9.17, 15) is 21.6 Å². The maximum atomic E-state index is 12.9. The van der Waals surface area contributed by atoms with Crippen molar-refractivity contribution in [2.75, 3.05) is 0 Å². The van der Waals surface area contributed by atoms with Gasteiger partial charge in [0.15, 0.2) is 20.7 Å². The smallest absolute Gasteiger partial charge is 0.405 e. The minimum absolute atomic E-state index is 0.146. The van der Waals surface area contributed by atoms with Gasteiger partial charge in [0.2, 0.25) is 5.89 Å². The molecule has 0 spiro atoms. The second-order valence-corrected chi connectivity index (χ2v) is 8.84. The third kappa shape index (κ3) is 3.19. The summed E-state index contributed by atoms with van der Waals surface area (Å²) in [4.78, 5) is 3.47. The molecule has 0 aliphatic heterocycles. The summed E-state index contributed by atoms with van der Waals surface area (Å²) in [5.41, 5.74) is -0.645. The molecular formula is C14H15ClF3NO3S. The molecule has 0 fully saturated rings. The molecular weight excluding hydrogens is 355 g/mol. The third-order valence-corrected chi connectivity index (χ3v) is 5.92. The topological polar surface area (TPSA) is 60.2 Å². The molecule has 1 unspecified atom stereocenters. The highest BCUT2D eigenvalue weighted by Gasteiger charge is 2.47. The Labute approximate surface area is 136 Å². The van der Waals surface area contributed by atoms with E-state index in [2.05, 4.69) is 4.98 Å². The van der Waals surface area contributed by atoms with Crippen LogP contribution in [-0.4, -0.2) is 24.8 Å². The molecule has 0 amide bonds. The lowest BCUT2D eigenvalue weighted by Crippen LogP contribution is -2.34. The van der Waals surface area contributed by atoms with E-state index in [0.717, 1.165) is 0 Å². The van der Waals surface area contributed by atoms with E-state index in [0.29, 0.717) is 6.92 Å². The summed E-state index contributed by atoms with van der Waals surface area (Å²) in [5, 5.41) is -2.94. The van der Waals surface area contributed by atoms with E-state index in [1.807, 2.05) is 0 Å². The number of fused-ring (bicyclic) bond motifs is 1. The highest BCUT2D eigenvalue weighted by Crippen LogP contribution is 2.38. The number of aromatic nitrogens is 1. The van der Waals surface area contributed by atoms with Crippen molar-refractivity contribution in [2.45, 2.75) is 49.4 Å². The van der Waals surface area contributed by atoms with Crippen LogP contribution in [0.15, 0.2) is 21.4 Å². The van der Waals surface area contributed by atoms with Crippen LogP contribution in [-0.2, 0) is 15.3 Å². The van der Waals surface area contributed by atoms with Crippen LogP contribution in [0, 0.1) is 0 Å². The molecule has 1 aromatic heterocycles. The first-order chi connectivity index (χ1) is 10.3. The fourth-order valence-electron chi connectivity index (χ4n) is 1.88. The SMILES string of the molecule is CC(C(F)(F)F)S(=O)(=O)c1c(Cl)ccc2nc(C(C)(C)C)oc12. The van der Waals surface area contributed by atoms with Crippen molar-refractivity contribution >= 4 is 32.5 Å². The quantitative estimate of drug-likeness (QED) is 0.781. The Morgan fingerprint density at radius 3 is 2.26 bits per heavy atom. The average molecular weight is 370 g/mol. The van der Waals surface area contributed by atoms with Gasteiger partial charge in [0.1, 0.15) is 10.4 Å². The molecule has 2 rings (SSSR count). The number of halogens is 4. The van der Waals surface area contributed by atoms with Gasteiger partial charge in [-0.25, -0.2) is 13.4 Å². The lowest BCUT2D eigenvalue weighted by molar-refractivity contribution is -0.126. The summed E-state index contributed by atoms with van der Waals surface area (Å²) in [6, 6.07) is 2.61. The number of alkyl halides is 3. The molecule has 2 aromatic rings. The molecule has 0 saturated carbocycles. The largest absolute Gasteiger partial charge is 0.439 e. The zero-order valence-corrected chi connectivity index (χ0v) is 14.4. The number of sulfone groups is 1. The van der Waals surface area contributed by atoms with Gasteiger partial charge in [0.25, 0.3) is 0 Å². The zero-order valence-electron chi connectivity index (χ0n) is 12.8. The van der Waals surface area contributed by atoms with E-state index in [4.69, 9.17) is 16.0 Å². The summed E-state index contributed by atoms with van der Waals surface area (Å²) >= 11 is 5.87. The average Bonchev–Trinajstić information content (AvgIpc) is 2.79. The second-order valence-electron chi connectivity index (χ2n) is 6.22. The molecule has 0 aliphatic carbocycles. The predicted octanol–water partition coefficient (Wildman–Crippen LogP) is 4.50. The van der Waals surface area contributed by atoms with Gasteiger partial charge >= 0.3 is 6.18 Å². The molecule has 0 N–H and O–H groups in total. The molecule has 23 heavy (non-hydrogen) atoms. The van der Waals surface area contributed by atoms with E-state index in [-0.39, 0.29) is 22.0 Å². The molecule has 0 aliphatic rings. The fourth-order valence-corrected chi connectivity index (χ4v) is 3.80. The molecule has 0 bridgehead atoms. The van der Waals surface area contributed by atoms with Crippen LogP contribution in [0.3, 0.4) is 0 Å². The van der Waals surface area contributed by atoms with Gasteiger partial charge in [0.05, 0.1) is 5.02 Å². The van der Waals surface area contributed by atoms with Gasteiger partial charge in [-0.15, -0.1) is 0 Å². The summed E-state index contributed by atoms with van der Waals surface area (Å²) in [6.07, 6.45) is -4.92. The Balaban J connectivity index is 2.79. The lowest BCUT2D eigenvalue weighted by Gasteiger charge is -2.17. The number of oxazole rings is 1. The first kappa shape index (κ1) is 18.1. The standard InChI is InChI=1S/C14H15ClF3NO3S/c1-7(14(16,17)18)23(20,21)11-8(15)5-6-9-10(11)22-12(19-9)13(2,3)4/h5-7H,1-4H3. The van der Waals surface area contributed by atoms with E-state index < -0.39 is 31.6 Å². The van der Waals surface area contributed by atoms with E-state index in [1.54, 1.807) is 20.8 Å². The molecule has 0 saturated heterocycles. The highest BCUT2D eigenvalue weighted by molar-refractivity contribution is 7.92. The number of benzene rings is 1. The second kappa shape index (κ2) is 5.37. The maximum Gasteiger partial charge on any atom is 0.405 e. The Bertz CT molecular complexity index is 851. The number of nitrogens with zero attached hydrogens (tertiary/aromatic N) is 1. The van der Waals surface area contributed by atoms with Crippen LogP contribution in [0.2, 0.25) is 5.02 Å². The van der Waals surface area contributed by atoms with Gasteiger partial charge in [-0.1, -0.05) is 32.4 Å². The molecule has 4 nitrogen and oxygen atoms in total. The minimum atomic E-state index is -4.92. The van der Waals surface area contributed by atoms with Gasteiger partial charge < -0.3 is 4.42 Å². The molecule has 1 heterocycles. The highest BCUT2D eigenvalue weighted by atomic mass is 35.5. The summed E-state index contributed by atoms with van der Waals surface area (Å²) in [6.45, 7) is 5.93. The summed E-state index contributed by atoms with van der Waals surface area (Å²) in [7, 11) is -4.78. The van der Waals surface area contributed by atoms with Crippen LogP contribution in [0.5, 0.6) is 0 Å². The fraction of sp³-hybridized carbons (Fsp3) is 0.500. The first-order valence-electron chi connectivity index (χ1n) is 6.66. The van der Waals surface area contributed by atoms with Crippen LogP contribution in [0.25, 0.3) is 11.1 Å². The Kier molecular flexibility index (Phi) is 4.22. The number of hydrogen-bond donors (Lipinski definition) is 0. The molecule has 1 aromatic carbocycles. The van der Waals surface area contributed by atoms with Crippen LogP contribution in [0.1, 0.15) is 33.6 Å². The molecule has 128 valence electrons. The summed E-state index contributed by atoms with van der Waals surface area (Å²) < 4.78 is 68.9. The third-order valence-electron chi connectivity index (χ3n) is 3.32. The normalized spacial score (nSPS) is 15.1. The molecule has 9 heteroatoms. The molecule has 0 radical (unpaired) electrons. The van der Waals surface area contributed by atoms with Gasteiger partial charge in [-0.3, -0.25) is 0 Å². The Morgan fingerprint density at radius 1 is 1.22 bits per heavy atom. The number of hydrogen-bond acceptors (Lipinski definition) is 4. The summed E-state index contributed by atoms with van der Waals surface area (Å²) in [5.74, 6) is 0.214. The van der Waals surface area contributed by atoms with Gasteiger partial charge in [0, 0.05) is 5.41 Å². The zero-order chi connectivity index (χ0) is 17.8. The van der Waals surface area contributed by atoms with Crippen molar-refractivity contribution in [2.24, 2.45) is 0 Å². The minimum Gasteiger partial charge on any atom is -0.439 e. The van der Waals surface area contributed by atoms with E-state index >= 15 is 0 Å². The van der Waals surface area contributed by atoms with Crippen molar-refractivity contribution in [3.63, 3.8) is 0 Å². The van der Waals surface area contributed by atoms with Gasteiger partial charge in [-0.05, 0) is 19.1 Å². The Morgan fingerprint density at radius 2 is 1.78 bits per heavy atom.